The second-order valence-electron chi connectivity index (χ2n) is 5.34. The Bertz CT molecular complexity index is 736. The molecule has 4 nitrogen and oxygen atoms in total. The second kappa shape index (κ2) is 8.45. The van der Waals surface area contributed by atoms with Gasteiger partial charge in [0.1, 0.15) is 5.82 Å². The number of carbonyl (C=O) groups is 2. The summed E-state index contributed by atoms with van der Waals surface area (Å²) in [6.07, 6.45) is 0.344. The summed E-state index contributed by atoms with van der Waals surface area (Å²) >= 11 is 5.87. The molecule has 0 heterocycles. The molecule has 0 unspecified atom stereocenters. The second-order valence-corrected chi connectivity index (χ2v) is 5.78. The quantitative estimate of drug-likeness (QED) is 0.868. The molecule has 0 bridgehead atoms. The molecule has 126 valence electrons. The fraction of sp³-hybridized carbons (Fsp3) is 0.222. The maximum Gasteiger partial charge on any atom is 0.243 e. The van der Waals surface area contributed by atoms with Crippen LogP contribution in [-0.4, -0.2) is 29.8 Å². The molecule has 0 aliphatic carbocycles. The Kier molecular flexibility index (Phi) is 6.32. The lowest BCUT2D eigenvalue weighted by atomic mass is 10.1. The largest absolute Gasteiger partial charge is 0.333 e. The zero-order chi connectivity index (χ0) is 17.5. The van der Waals surface area contributed by atoms with Crippen molar-refractivity contribution in [1.29, 1.82) is 0 Å². The minimum atomic E-state index is -0.332. The summed E-state index contributed by atoms with van der Waals surface area (Å²) in [5.74, 6) is -0.891. The van der Waals surface area contributed by atoms with Crippen LogP contribution in [0, 0.1) is 5.82 Å². The number of anilines is 1. The van der Waals surface area contributed by atoms with Crippen LogP contribution in [0.2, 0.25) is 5.02 Å². The first-order valence-corrected chi connectivity index (χ1v) is 7.88. The Hall–Kier alpha value is -2.40. The van der Waals surface area contributed by atoms with E-state index in [-0.39, 0.29) is 30.7 Å². The van der Waals surface area contributed by atoms with Crippen molar-refractivity contribution in [3.8, 4) is 0 Å². The molecule has 0 saturated heterocycles. The van der Waals surface area contributed by atoms with Crippen molar-refractivity contribution in [2.75, 3.05) is 18.4 Å². The molecule has 2 rings (SSSR count). The van der Waals surface area contributed by atoms with Crippen LogP contribution in [-0.2, 0) is 16.0 Å². The van der Waals surface area contributed by atoms with Crippen LogP contribution >= 0.6 is 11.6 Å². The number of nitrogens with zero attached hydrogens (tertiary/aromatic N) is 1. The van der Waals surface area contributed by atoms with Crippen LogP contribution in [0.25, 0.3) is 0 Å². The molecule has 0 fully saturated rings. The van der Waals surface area contributed by atoms with Gasteiger partial charge in [0.05, 0.1) is 6.54 Å². The average Bonchev–Trinajstić information content (AvgIpc) is 2.52. The fourth-order valence-electron chi connectivity index (χ4n) is 2.24. The Morgan fingerprint density at radius 2 is 1.92 bits per heavy atom. The normalized spacial score (nSPS) is 10.3. The van der Waals surface area contributed by atoms with Crippen molar-refractivity contribution in [1.82, 2.24) is 4.90 Å². The Morgan fingerprint density at radius 3 is 2.58 bits per heavy atom. The van der Waals surface area contributed by atoms with E-state index in [9.17, 15) is 14.0 Å². The van der Waals surface area contributed by atoms with Crippen LogP contribution < -0.4 is 5.32 Å². The Morgan fingerprint density at radius 1 is 1.17 bits per heavy atom. The van der Waals surface area contributed by atoms with E-state index in [1.807, 2.05) is 0 Å². The molecule has 1 N–H and O–H groups in total. The highest BCUT2D eigenvalue weighted by atomic mass is 35.5. The third-order valence-electron chi connectivity index (χ3n) is 3.50. The number of amides is 2. The number of benzene rings is 2. The molecule has 2 aromatic carbocycles. The third-order valence-corrected chi connectivity index (χ3v) is 3.73. The summed E-state index contributed by atoms with van der Waals surface area (Å²) < 4.78 is 13.6. The van der Waals surface area contributed by atoms with E-state index < -0.39 is 0 Å². The first-order chi connectivity index (χ1) is 11.5. The highest BCUT2D eigenvalue weighted by molar-refractivity contribution is 6.30. The van der Waals surface area contributed by atoms with Gasteiger partial charge in [0.2, 0.25) is 11.8 Å². The van der Waals surface area contributed by atoms with Gasteiger partial charge in [0.15, 0.2) is 0 Å². The lowest BCUT2D eigenvalue weighted by Crippen LogP contribution is -2.38. The summed E-state index contributed by atoms with van der Waals surface area (Å²) in [5.41, 5.74) is 1.07. The van der Waals surface area contributed by atoms with E-state index in [0.717, 1.165) is 0 Å². The summed E-state index contributed by atoms with van der Waals surface area (Å²) in [4.78, 5) is 25.2. The zero-order valence-electron chi connectivity index (χ0n) is 13.3. The highest BCUT2D eigenvalue weighted by Crippen LogP contribution is 2.15. The molecule has 6 heteroatoms. The lowest BCUT2D eigenvalue weighted by molar-refractivity contribution is -0.132. The SMILES string of the molecule is CC(=O)N(CCc1ccccc1F)CC(=O)Nc1cccc(Cl)c1. The summed E-state index contributed by atoms with van der Waals surface area (Å²) in [5, 5.41) is 3.20. The van der Waals surface area contributed by atoms with Crippen molar-refractivity contribution in [2.45, 2.75) is 13.3 Å². The molecule has 0 aliphatic rings. The fourth-order valence-corrected chi connectivity index (χ4v) is 2.43. The Balaban J connectivity index is 1.94. The first kappa shape index (κ1) is 17.9. The molecule has 0 radical (unpaired) electrons. The maximum absolute atomic E-state index is 13.6. The molecule has 0 spiro atoms. The van der Waals surface area contributed by atoms with Crippen molar-refractivity contribution >= 4 is 29.1 Å². The number of carbonyl (C=O) groups excluding carboxylic acids is 2. The lowest BCUT2D eigenvalue weighted by Gasteiger charge is -2.20. The van der Waals surface area contributed by atoms with Gasteiger partial charge in [0, 0.05) is 24.2 Å². The van der Waals surface area contributed by atoms with E-state index in [1.54, 1.807) is 42.5 Å². The van der Waals surface area contributed by atoms with E-state index >= 15 is 0 Å². The van der Waals surface area contributed by atoms with Crippen LogP contribution in [0.4, 0.5) is 10.1 Å². The minimum absolute atomic E-state index is 0.101. The minimum Gasteiger partial charge on any atom is -0.333 e. The summed E-state index contributed by atoms with van der Waals surface area (Å²) in [6.45, 7) is 1.55. The highest BCUT2D eigenvalue weighted by Gasteiger charge is 2.14. The number of rotatable bonds is 6. The summed E-state index contributed by atoms with van der Waals surface area (Å²) in [6, 6.07) is 13.1. The maximum atomic E-state index is 13.6. The predicted molar refractivity (Wildman–Crippen MR) is 92.4 cm³/mol. The molecule has 0 aromatic heterocycles. The van der Waals surface area contributed by atoms with Gasteiger partial charge in [-0.2, -0.15) is 0 Å². The number of nitrogens with one attached hydrogen (secondary N) is 1. The molecular formula is C18H18ClFN2O2. The zero-order valence-corrected chi connectivity index (χ0v) is 14.0. The molecule has 2 aromatic rings. The molecule has 2 amide bonds. The smallest absolute Gasteiger partial charge is 0.243 e. The number of halogens is 2. The number of hydrogen-bond acceptors (Lipinski definition) is 2. The van der Waals surface area contributed by atoms with Gasteiger partial charge in [-0.3, -0.25) is 9.59 Å². The van der Waals surface area contributed by atoms with Crippen molar-refractivity contribution in [3.05, 3.63) is 64.9 Å². The van der Waals surface area contributed by atoms with Crippen LogP contribution in [0.15, 0.2) is 48.5 Å². The number of hydrogen-bond donors (Lipinski definition) is 1. The monoisotopic (exact) mass is 348 g/mol. The van der Waals surface area contributed by atoms with Gasteiger partial charge in [-0.1, -0.05) is 35.9 Å². The standard InChI is InChI=1S/C18H18ClFN2O2/c1-13(23)22(10-9-14-5-2-3-8-17(14)20)12-18(24)21-16-7-4-6-15(19)11-16/h2-8,11H,9-10,12H2,1H3,(H,21,24). The van der Waals surface area contributed by atoms with Gasteiger partial charge < -0.3 is 10.2 Å². The third kappa shape index (κ3) is 5.35. The molecule has 0 aliphatic heterocycles. The first-order valence-electron chi connectivity index (χ1n) is 7.50. The average molecular weight is 349 g/mol. The van der Waals surface area contributed by atoms with Crippen LogP contribution in [0.3, 0.4) is 0 Å². The van der Waals surface area contributed by atoms with Gasteiger partial charge in [-0.25, -0.2) is 4.39 Å². The predicted octanol–water partition coefficient (Wildman–Crippen LogP) is 3.51. The van der Waals surface area contributed by atoms with E-state index in [4.69, 9.17) is 11.6 Å². The van der Waals surface area contributed by atoms with Crippen LogP contribution in [0.1, 0.15) is 12.5 Å². The van der Waals surface area contributed by atoms with E-state index in [0.29, 0.717) is 22.7 Å². The van der Waals surface area contributed by atoms with Crippen molar-refractivity contribution in [2.24, 2.45) is 0 Å². The van der Waals surface area contributed by atoms with E-state index in [1.165, 1.54) is 17.9 Å². The molecule has 24 heavy (non-hydrogen) atoms. The van der Waals surface area contributed by atoms with Crippen molar-refractivity contribution in [3.63, 3.8) is 0 Å². The Labute approximate surface area is 145 Å². The topological polar surface area (TPSA) is 49.4 Å². The van der Waals surface area contributed by atoms with Crippen molar-refractivity contribution < 1.29 is 14.0 Å². The van der Waals surface area contributed by atoms with Gasteiger partial charge in [-0.05, 0) is 36.2 Å². The summed E-state index contributed by atoms with van der Waals surface area (Å²) in [7, 11) is 0. The van der Waals surface area contributed by atoms with E-state index in [2.05, 4.69) is 5.32 Å². The molecular weight excluding hydrogens is 331 g/mol. The molecule has 0 atom stereocenters. The van der Waals surface area contributed by atoms with Gasteiger partial charge >= 0.3 is 0 Å². The molecule has 0 saturated carbocycles. The van der Waals surface area contributed by atoms with Crippen LogP contribution in [0.5, 0.6) is 0 Å². The van der Waals surface area contributed by atoms with Gasteiger partial charge in [-0.15, -0.1) is 0 Å². The van der Waals surface area contributed by atoms with Gasteiger partial charge in [0.25, 0.3) is 0 Å².